The first kappa shape index (κ1) is 18.9. The van der Waals surface area contributed by atoms with Crippen molar-refractivity contribution in [2.45, 2.75) is 25.4 Å². The zero-order chi connectivity index (χ0) is 19.4. The van der Waals surface area contributed by atoms with Gasteiger partial charge in [0.25, 0.3) is 11.8 Å². The number of benzene rings is 2. The highest BCUT2D eigenvalue weighted by Crippen LogP contribution is 2.35. The minimum atomic E-state index is -0.463. The molecule has 0 heterocycles. The van der Waals surface area contributed by atoms with Crippen LogP contribution in [0, 0.1) is 0 Å². The van der Waals surface area contributed by atoms with E-state index >= 15 is 0 Å². The number of anilines is 1. The predicted octanol–water partition coefficient (Wildman–Crippen LogP) is 2.78. The van der Waals surface area contributed by atoms with Gasteiger partial charge in [0.2, 0.25) is 0 Å². The average molecular weight is 368 g/mol. The molecule has 2 amide bonds. The normalized spacial score (nSPS) is 15.6. The highest BCUT2D eigenvalue weighted by Gasteiger charge is 2.21. The number of ether oxygens (including phenoxy) is 1. The number of aliphatic hydroxyl groups is 1. The Kier molecular flexibility index (Phi) is 5.76. The van der Waals surface area contributed by atoms with Crippen molar-refractivity contribution in [2.75, 3.05) is 26.0 Å². The van der Waals surface area contributed by atoms with Gasteiger partial charge in [0.1, 0.15) is 5.75 Å². The van der Waals surface area contributed by atoms with E-state index in [4.69, 9.17) is 4.74 Å². The number of carbonyl (C=O) groups is 2. The zero-order valence-electron chi connectivity index (χ0n) is 15.6. The maximum absolute atomic E-state index is 12.2. The van der Waals surface area contributed by atoms with Gasteiger partial charge in [-0.3, -0.25) is 9.59 Å². The average Bonchev–Trinajstić information content (AvgIpc) is 2.67. The standard InChI is InChI=1S/C21H24N2O4/c1-23(2)21(26)14-9-11-15(12-10-14)22-20(25)13-27-19-8-4-5-16-17(19)6-3-7-18(16)24/h4-5,8-12,18,24H,3,6-7,13H2,1-2H3,(H,22,25)/t18-/m1/s1. The van der Waals surface area contributed by atoms with Gasteiger partial charge in [-0.25, -0.2) is 0 Å². The molecule has 27 heavy (non-hydrogen) atoms. The van der Waals surface area contributed by atoms with E-state index in [0.717, 1.165) is 30.4 Å². The summed E-state index contributed by atoms with van der Waals surface area (Å²) in [5, 5.41) is 12.9. The van der Waals surface area contributed by atoms with Gasteiger partial charge in [0, 0.05) is 25.3 Å². The summed E-state index contributed by atoms with van der Waals surface area (Å²) in [5.74, 6) is 0.274. The maximum Gasteiger partial charge on any atom is 0.262 e. The van der Waals surface area contributed by atoms with E-state index in [1.165, 1.54) is 4.90 Å². The lowest BCUT2D eigenvalue weighted by molar-refractivity contribution is -0.118. The summed E-state index contributed by atoms with van der Waals surface area (Å²) < 4.78 is 5.70. The van der Waals surface area contributed by atoms with Crippen LogP contribution in [-0.2, 0) is 11.2 Å². The van der Waals surface area contributed by atoms with Crippen LogP contribution in [0.5, 0.6) is 5.75 Å². The predicted molar refractivity (Wildman–Crippen MR) is 103 cm³/mol. The fourth-order valence-corrected chi connectivity index (χ4v) is 3.22. The molecular formula is C21H24N2O4. The Hall–Kier alpha value is -2.86. The molecule has 0 aliphatic heterocycles. The fourth-order valence-electron chi connectivity index (χ4n) is 3.22. The second-order valence-electron chi connectivity index (χ2n) is 6.85. The summed E-state index contributed by atoms with van der Waals surface area (Å²) in [4.78, 5) is 25.6. The number of hydrogen-bond donors (Lipinski definition) is 2. The third-order valence-corrected chi connectivity index (χ3v) is 4.61. The highest BCUT2D eigenvalue weighted by atomic mass is 16.5. The molecule has 0 fully saturated rings. The van der Waals surface area contributed by atoms with E-state index in [2.05, 4.69) is 5.32 Å². The molecule has 0 radical (unpaired) electrons. The third-order valence-electron chi connectivity index (χ3n) is 4.61. The molecule has 2 aromatic rings. The number of amides is 2. The first-order valence-corrected chi connectivity index (χ1v) is 9.00. The molecule has 0 saturated carbocycles. The quantitative estimate of drug-likeness (QED) is 0.851. The molecule has 0 unspecified atom stereocenters. The summed E-state index contributed by atoms with van der Waals surface area (Å²) in [6, 6.07) is 12.3. The van der Waals surface area contributed by atoms with E-state index in [1.807, 2.05) is 18.2 Å². The van der Waals surface area contributed by atoms with Crippen molar-refractivity contribution >= 4 is 17.5 Å². The number of rotatable bonds is 5. The molecule has 2 aromatic carbocycles. The van der Waals surface area contributed by atoms with Crippen molar-refractivity contribution in [1.82, 2.24) is 4.90 Å². The van der Waals surface area contributed by atoms with E-state index in [1.54, 1.807) is 38.4 Å². The van der Waals surface area contributed by atoms with Crippen molar-refractivity contribution < 1.29 is 19.4 Å². The van der Waals surface area contributed by atoms with Crippen molar-refractivity contribution in [3.63, 3.8) is 0 Å². The molecule has 1 aliphatic rings. The largest absolute Gasteiger partial charge is 0.483 e. The lowest BCUT2D eigenvalue weighted by Gasteiger charge is -2.23. The van der Waals surface area contributed by atoms with Crippen LogP contribution in [-0.4, -0.2) is 42.5 Å². The van der Waals surface area contributed by atoms with Crippen LogP contribution in [0.15, 0.2) is 42.5 Å². The lowest BCUT2D eigenvalue weighted by Crippen LogP contribution is -2.22. The van der Waals surface area contributed by atoms with Gasteiger partial charge < -0.3 is 20.1 Å². The van der Waals surface area contributed by atoms with Crippen molar-refractivity contribution in [3.05, 3.63) is 59.2 Å². The van der Waals surface area contributed by atoms with Gasteiger partial charge in [-0.1, -0.05) is 12.1 Å². The van der Waals surface area contributed by atoms with Crippen molar-refractivity contribution in [1.29, 1.82) is 0 Å². The number of aliphatic hydroxyl groups excluding tert-OH is 1. The minimum Gasteiger partial charge on any atom is -0.483 e. The Morgan fingerprint density at radius 3 is 2.63 bits per heavy atom. The van der Waals surface area contributed by atoms with Gasteiger partial charge in [-0.15, -0.1) is 0 Å². The summed E-state index contributed by atoms with van der Waals surface area (Å²) in [5.41, 5.74) is 3.03. The SMILES string of the molecule is CN(C)C(=O)c1ccc(NC(=O)COc2cccc3c2CCC[C@H]3O)cc1. The molecule has 6 heteroatoms. The van der Waals surface area contributed by atoms with Crippen LogP contribution < -0.4 is 10.1 Å². The molecule has 6 nitrogen and oxygen atoms in total. The van der Waals surface area contributed by atoms with E-state index in [0.29, 0.717) is 17.0 Å². The van der Waals surface area contributed by atoms with Gasteiger partial charge in [-0.05, 0) is 60.7 Å². The van der Waals surface area contributed by atoms with Gasteiger partial charge >= 0.3 is 0 Å². The Bertz CT molecular complexity index is 831. The van der Waals surface area contributed by atoms with Gasteiger partial charge in [0.15, 0.2) is 6.61 Å². The lowest BCUT2D eigenvalue weighted by atomic mass is 9.89. The molecule has 1 atom stereocenters. The smallest absolute Gasteiger partial charge is 0.262 e. The van der Waals surface area contributed by atoms with Crippen LogP contribution >= 0.6 is 0 Å². The Labute approximate surface area is 158 Å². The molecule has 142 valence electrons. The molecular weight excluding hydrogens is 344 g/mol. The van der Waals surface area contributed by atoms with Crippen LogP contribution in [0.3, 0.4) is 0 Å². The van der Waals surface area contributed by atoms with Crippen LogP contribution in [0.25, 0.3) is 0 Å². The molecule has 1 aliphatic carbocycles. The van der Waals surface area contributed by atoms with E-state index < -0.39 is 6.10 Å². The van der Waals surface area contributed by atoms with E-state index in [-0.39, 0.29) is 18.4 Å². The highest BCUT2D eigenvalue weighted by molar-refractivity contribution is 5.95. The van der Waals surface area contributed by atoms with Crippen LogP contribution in [0.2, 0.25) is 0 Å². The summed E-state index contributed by atoms with van der Waals surface area (Å²) in [6.07, 6.45) is 2.03. The second kappa shape index (κ2) is 8.22. The second-order valence-corrected chi connectivity index (χ2v) is 6.85. The van der Waals surface area contributed by atoms with Gasteiger partial charge in [-0.2, -0.15) is 0 Å². The van der Waals surface area contributed by atoms with Crippen LogP contribution in [0.1, 0.15) is 40.4 Å². The first-order valence-electron chi connectivity index (χ1n) is 9.00. The number of nitrogens with zero attached hydrogens (tertiary/aromatic N) is 1. The maximum atomic E-state index is 12.2. The summed E-state index contributed by atoms with van der Waals surface area (Å²) >= 11 is 0. The van der Waals surface area contributed by atoms with Crippen LogP contribution in [0.4, 0.5) is 5.69 Å². The monoisotopic (exact) mass is 368 g/mol. The number of hydrogen-bond acceptors (Lipinski definition) is 4. The molecule has 0 aromatic heterocycles. The molecule has 0 spiro atoms. The topological polar surface area (TPSA) is 78.9 Å². The number of carbonyl (C=O) groups excluding carboxylic acids is 2. The molecule has 3 rings (SSSR count). The number of fused-ring (bicyclic) bond motifs is 1. The summed E-state index contributed by atoms with van der Waals surface area (Å²) in [7, 11) is 3.38. The summed E-state index contributed by atoms with van der Waals surface area (Å²) in [6.45, 7) is -0.120. The Morgan fingerprint density at radius 2 is 1.93 bits per heavy atom. The Balaban J connectivity index is 1.59. The Morgan fingerprint density at radius 1 is 1.19 bits per heavy atom. The number of nitrogens with one attached hydrogen (secondary N) is 1. The third kappa shape index (κ3) is 4.46. The first-order chi connectivity index (χ1) is 13.0. The molecule has 0 bridgehead atoms. The molecule has 0 saturated heterocycles. The van der Waals surface area contributed by atoms with Crippen molar-refractivity contribution in [2.24, 2.45) is 0 Å². The minimum absolute atomic E-state index is 0.0905. The zero-order valence-corrected chi connectivity index (χ0v) is 15.6. The van der Waals surface area contributed by atoms with Gasteiger partial charge in [0.05, 0.1) is 6.10 Å². The van der Waals surface area contributed by atoms with Crippen molar-refractivity contribution in [3.8, 4) is 5.75 Å². The van der Waals surface area contributed by atoms with E-state index in [9.17, 15) is 14.7 Å². The fraction of sp³-hybridized carbons (Fsp3) is 0.333. The molecule has 2 N–H and O–H groups in total.